The van der Waals surface area contributed by atoms with Crippen LogP contribution in [0.25, 0.3) is 10.9 Å². The van der Waals surface area contributed by atoms with Gasteiger partial charge in [0.15, 0.2) is 0 Å². The molecule has 0 radical (unpaired) electrons. The van der Waals surface area contributed by atoms with Crippen molar-refractivity contribution in [3.05, 3.63) is 109 Å². The summed E-state index contributed by atoms with van der Waals surface area (Å²) in [5.41, 5.74) is 2.11. The van der Waals surface area contributed by atoms with Gasteiger partial charge in [-0.2, -0.15) is 9.78 Å². The quantitative estimate of drug-likeness (QED) is 0.174. The Bertz CT molecular complexity index is 1410. The first kappa shape index (κ1) is 23.3. The predicted molar refractivity (Wildman–Crippen MR) is 135 cm³/mol. The molecule has 0 saturated carbocycles. The van der Waals surface area contributed by atoms with Crippen LogP contribution in [-0.4, -0.2) is 20.8 Å². The number of ether oxygens (including phenoxy) is 1. The number of aryl methyl sites for hydroxylation is 1. The first-order chi connectivity index (χ1) is 16.4. The van der Waals surface area contributed by atoms with Crippen LogP contribution in [0, 0.1) is 10.1 Å². The molecule has 3 aromatic carbocycles. The van der Waals surface area contributed by atoms with Gasteiger partial charge in [0.2, 0.25) is 0 Å². The minimum absolute atomic E-state index is 0.0443. The Morgan fingerprint density at radius 1 is 1.12 bits per heavy atom. The van der Waals surface area contributed by atoms with E-state index >= 15 is 0 Å². The van der Waals surface area contributed by atoms with Gasteiger partial charge in [0.1, 0.15) is 18.2 Å². The predicted octanol–water partition coefficient (Wildman–Crippen LogP) is 5.48. The molecule has 0 spiro atoms. The van der Waals surface area contributed by atoms with Crippen LogP contribution in [0.1, 0.15) is 30.3 Å². The third-order valence-electron chi connectivity index (χ3n) is 5.10. The number of nitro groups is 1. The van der Waals surface area contributed by atoms with E-state index in [1.165, 1.54) is 16.8 Å². The van der Waals surface area contributed by atoms with E-state index in [0.717, 1.165) is 22.0 Å². The summed E-state index contributed by atoms with van der Waals surface area (Å²) in [6, 6.07) is 19.0. The van der Waals surface area contributed by atoms with Crippen LogP contribution in [0.4, 0.5) is 5.69 Å². The van der Waals surface area contributed by atoms with Crippen molar-refractivity contribution in [3.63, 3.8) is 0 Å². The highest BCUT2D eigenvalue weighted by atomic mass is 79.9. The Labute approximate surface area is 203 Å². The maximum absolute atomic E-state index is 13.1. The second-order valence-corrected chi connectivity index (χ2v) is 8.50. The molecule has 0 N–H and O–H groups in total. The molecule has 8 nitrogen and oxygen atoms in total. The van der Waals surface area contributed by atoms with Crippen molar-refractivity contribution in [2.75, 3.05) is 0 Å². The van der Waals surface area contributed by atoms with Gasteiger partial charge in [-0.15, -0.1) is 0 Å². The van der Waals surface area contributed by atoms with E-state index in [2.05, 4.69) is 26.0 Å². The van der Waals surface area contributed by atoms with Gasteiger partial charge >= 0.3 is 0 Å². The zero-order valence-corrected chi connectivity index (χ0v) is 19.9. The molecule has 4 rings (SSSR count). The van der Waals surface area contributed by atoms with Gasteiger partial charge in [-0.1, -0.05) is 22.9 Å². The zero-order chi connectivity index (χ0) is 24.1. The summed E-state index contributed by atoms with van der Waals surface area (Å²) in [4.78, 5) is 28.0. The molecule has 1 aromatic heterocycles. The monoisotopic (exact) mass is 520 g/mol. The van der Waals surface area contributed by atoms with Crippen molar-refractivity contribution in [1.29, 1.82) is 0 Å². The SMILES string of the molecule is CCCc1nc2ccc(Br)cc2c(=O)n1N=Cc1ccc(OCc2ccc([N+](=O)[O-])cc2)cc1. The topological polar surface area (TPSA) is 99.6 Å². The lowest BCUT2D eigenvalue weighted by atomic mass is 10.2. The summed E-state index contributed by atoms with van der Waals surface area (Å²) in [6.07, 6.45) is 3.09. The van der Waals surface area contributed by atoms with E-state index in [-0.39, 0.29) is 11.2 Å². The number of hydrogen-bond donors (Lipinski definition) is 0. The number of aromatic nitrogens is 2. The summed E-state index contributed by atoms with van der Waals surface area (Å²) in [5.74, 6) is 1.26. The van der Waals surface area contributed by atoms with Crippen LogP contribution >= 0.6 is 15.9 Å². The smallest absolute Gasteiger partial charge is 0.282 e. The minimum atomic E-state index is -0.433. The summed E-state index contributed by atoms with van der Waals surface area (Å²) in [6.45, 7) is 2.32. The van der Waals surface area contributed by atoms with Gasteiger partial charge in [0.05, 0.1) is 22.0 Å². The molecule has 172 valence electrons. The summed E-state index contributed by atoms with van der Waals surface area (Å²) in [5, 5.41) is 15.7. The molecular weight excluding hydrogens is 500 g/mol. The van der Waals surface area contributed by atoms with Crippen molar-refractivity contribution >= 4 is 38.7 Å². The maximum atomic E-state index is 13.1. The number of halogens is 1. The summed E-state index contributed by atoms with van der Waals surface area (Å²) in [7, 11) is 0. The van der Waals surface area contributed by atoms with Gasteiger partial charge in [-0.05, 0) is 72.1 Å². The van der Waals surface area contributed by atoms with E-state index < -0.39 is 4.92 Å². The third-order valence-corrected chi connectivity index (χ3v) is 5.60. The number of benzene rings is 3. The van der Waals surface area contributed by atoms with E-state index in [4.69, 9.17) is 4.74 Å². The summed E-state index contributed by atoms with van der Waals surface area (Å²) >= 11 is 3.41. The number of fused-ring (bicyclic) bond motifs is 1. The van der Waals surface area contributed by atoms with Crippen LogP contribution in [0.5, 0.6) is 5.75 Å². The molecule has 0 aliphatic heterocycles. The Kier molecular flexibility index (Phi) is 7.12. The van der Waals surface area contributed by atoms with Gasteiger partial charge in [-0.3, -0.25) is 14.9 Å². The number of non-ortho nitro benzene ring substituents is 1. The van der Waals surface area contributed by atoms with Crippen LogP contribution in [0.2, 0.25) is 0 Å². The highest BCUT2D eigenvalue weighted by molar-refractivity contribution is 9.10. The normalized spacial score (nSPS) is 11.2. The Morgan fingerprint density at radius 2 is 1.85 bits per heavy atom. The van der Waals surface area contributed by atoms with Crippen molar-refractivity contribution in [2.24, 2.45) is 5.10 Å². The Morgan fingerprint density at radius 3 is 2.53 bits per heavy atom. The fraction of sp³-hybridized carbons (Fsp3) is 0.160. The van der Waals surface area contributed by atoms with Crippen LogP contribution in [0.15, 0.2) is 81.1 Å². The highest BCUT2D eigenvalue weighted by Gasteiger charge is 2.10. The number of rotatable bonds is 8. The molecule has 0 saturated heterocycles. The van der Waals surface area contributed by atoms with E-state index in [1.807, 2.05) is 31.2 Å². The van der Waals surface area contributed by atoms with E-state index in [0.29, 0.717) is 35.5 Å². The first-order valence-corrected chi connectivity index (χ1v) is 11.5. The minimum Gasteiger partial charge on any atom is -0.489 e. The molecular formula is C25H21BrN4O4. The summed E-state index contributed by atoms with van der Waals surface area (Å²) < 4.78 is 7.92. The largest absolute Gasteiger partial charge is 0.489 e. The first-order valence-electron chi connectivity index (χ1n) is 10.7. The van der Waals surface area contributed by atoms with Gasteiger partial charge in [0, 0.05) is 23.0 Å². The lowest BCUT2D eigenvalue weighted by molar-refractivity contribution is -0.384. The maximum Gasteiger partial charge on any atom is 0.282 e. The number of nitro benzene ring substituents is 1. The molecule has 0 aliphatic rings. The Hall–Kier alpha value is -3.85. The van der Waals surface area contributed by atoms with Crippen molar-refractivity contribution in [1.82, 2.24) is 9.66 Å². The van der Waals surface area contributed by atoms with Crippen molar-refractivity contribution < 1.29 is 9.66 Å². The fourth-order valence-electron chi connectivity index (χ4n) is 3.35. The lowest BCUT2D eigenvalue weighted by Gasteiger charge is -2.09. The average molecular weight is 521 g/mol. The van der Waals surface area contributed by atoms with Crippen LogP contribution in [-0.2, 0) is 13.0 Å². The fourth-order valence-corrected chi connectivity index (χ4v) is 3.72. The second kappa shape index (κ2) is 10.4. The molecule has 4 aromatic rings. The van der Waals surface area contributed by atoms with Gasteiger partial charge < -0.3 is 4.74 Å². The molecule has 34 heavy (non-hydrogen) atoms. The standard InChI is InChI=1S/C25H21BrN4O4/c1-2-3-24-28-23-13-8-19(26)14-22(23)25(31)29(24)27-15-17-6-11-21(12-7-17)34-16-18-4-9-20(10-5-18)30(32)33/h4-15H,2-3,16H2,1H3. The number of nitrogens with zero attached hydrogens (tertiary/aromatic N) is 4. The zero-order valence-electron chi connectivity index (χ0n) is 18.3. The molecule has 1 heterocycles. The highest BCUT2D eigenvalue weighted by Crippen LogP contribution is 2.18. The van der Waals surface area contributed by atoms with E-state index in [1.54, 1.807) is 36.5 Å². The molecule has 0 bridgehead atoms. The lowest BCUT2D eigenvalue weighted by Crippen LogP contribution is -2.22. The van der Waals surface area contributed by atoms with Crippen molar-refractivity contribution in [2.45, 2.75) is 26.4 Å². The number of hydrogen-bond acceptors (Lipinski definition) is 6. The van der Waals surface area contributed by atoms with Gasteiger partial charge in [0.25, 0.3) is 11.2 Å². The Balaban J connectivity index is 1.50. The molecule has 0 amide bonds. The van der Waals surface area contributed by atoms with E-state index in [9.17, 15) is 14.9 Å². The van der Waals surface area contributed by atoms with Crippen LogP contribution < -0.4 is 10.3 Å². The van der Waals surface area contributed by atoms with Crippen LogP contribution in [0.3, 0.4) is 0 Å². The third kappa shape index (κ3) is 5.37. The molecule has 0 fully saturated rings. The molecule has 0 aliphatic carbocycles. The molecule has 9 heteroatoms. The van der Waals surface area contributed by atoms with Crippen molar-refractivity contribution in [3.8, 4) is 5.75 Å². The molecule has 0 atom stereocenters. The molecule has 0 unspecified atom stereocenters. The second-order valence-electron chi connectivity index (χ2n) is 7.58. The van der Waals surface area contributed by atoms with Gasteiger partial charge in [-0.25, -0.2) is 4.98 Å². The average Bonchev–Trinajstić information content (AvgIpc) is 2.84.